The Morgan fingerprint density at radius 1 is 1.42 bits per heavy atom. The standard InChI is InChI=1S/C13H14F3N3/c1-18-10-4-5-19(8-10)11-2-3-12(13(14,15)16)9(6-11)7-17/h2-3,6,10,18H,4-5,8H2,1H3. The Bertz CT molecular complexity index is 505. The third-order valence-corrected chi connectivity index (χ3v) is 3.39. The molecule has 1 heterocycles. The number of hydrogen-bond donors (Lipinski definition) is 1. The molecule has 1 saturated heterocycles. The smallest absolute Gasteiger partial charge is 0.370 e. The van der Waals surface area contributed by atoms with Crippen LogP contribution in [0.1, 0.15) is 17.5 Å². The minimum Gasteiger partial charge on any atom is -0.370 e. The monoisotopic (exact) mass is 269 g/mol. The lowest BCUT2D eigenvalue weighted by atomic mass is 10.1. The maximum absolute atomic E-state index is 12.7. The van der Waals surface area contributed by atoms with Gasteiger partial charge in [0.25, 0.3) is 0 Å². The Labute approximate surface area is 109 Å². The van der Waals surface area contributed by atoms with Crippen LogP contribution < -0.4 is 10.2 Å². The maximum atomic E-state index is 12.7. The van der Waals surface area contributed by atoms with Crippen molar-refractivity contribution in [1.29, 1.82) is 5.26 Å². The molecule has 0 amide bonds. The third kappa shape index (κ3) is 2.82. The molecule has 1 aromatic carbocycles. The summed E-state index contributed by atoms with van der Waals surface area (Å²) >= 11 is 0. The van der Waals surface area contributed by atoms with Gasteiger partial charge in [-0.15, -0.1) is 0 Å². The van der Waals surface area contributed by atoms with Gasteiger partial charge >= 0.3 is 6.18 Å². The molecule has 1 N–H and O–H groups in total. The van der Waals surface area contributed by atoms with Crippen LogP contribution in [0.4, 0.5) is 18.9 Å². The van der Waals surface area contributed by atoms with E-state index in [0.29, 0.717) is 11.7 Å². The minimum absolute atomic E-state index is 0.321. The normalized spacial score (nSPS) is 19.5. The van der Waals surface area contributed by atoms with Crippen molar-refractivity contribution < 1.29 is 13.2 Å². The topological polar surface area (TPSA) is 39.1 Å². The summed E-state index contributed by atoms with van der Waals surface area (Å²) in [7, 11) is 1.86. The summed E-state index contributed by atoms with van der Waals surface area (Å²) in [5.74, 6) is 0. The molecule has 1 aromatic rings. The van der Waals surface area contributed by atoms with E-state index in [0.717, 1.165) is 25.6 Å². The number of nitrogens with one attached hydrogen (secondary N) is 1. The van der Waals surface area contributed by atoms with Crippen molar-refractivity contribution in [1.82, 2.24) is 5.32 Å². The predicted octanol–water partition coefficient (Wildman–Crippen LogP) is 2.38. The molecule has 1 aliphatic rings. The molecule has 3 nitrogen and oxygen atoms in total. The highest BCUT2D eigenvalue weighted by Crippen LogP contribution is 2.34. The summed E-state index contributed by atoms with van der Waals surface area (Å²) in [5.41, 5.74) is -0.525. The van der Waals surface area contributed by atoms with Gasteiger partial charge < -0.3 is 10.2 Å². The molecule has 0 spiro atoms. The summed E-state index contributed by atoms with van der Waals surface area (Å²) in [6.45, 7) is 1.52. The largest absolute Gasteiger partial charge is 0.417 e. The second-order valence-electron chi connectivity index (χ2n) is 4.56. The molecular weight excluding hydrogens is 255 g/mol. The van der Waals surface area contributed by atoms with E-state index < -0.39 is 11.7 Å². The van der Waals surface area contributed by atoms with Gasteiger partial charge in [-0.05, 0) is 31.7 Å². The molecule has 1 atom stereocenters. The molecule has 1 aliphatic heterocycles. The van der Waals surface area contributed by atoms with Crippen molar-refractivity contribution >= 4 is 5.69 Å². The Morgan fingerprint density at radius 3 is 2.68 bits per heavy atom. The lowest BCUT2D eigenvalue weighted by Gasteiger charge is -2.20. The van der Waals surface area contributed by atoms with E-state index in [-0.39, 0.29) is 5.56 Å². The van der Waals surface area contributed by atoms with E-state index >= 15 is 0 Å². The highest BCUT2D eigenvalue weighted by molar-refractivity contribution is 5.56. The van der Waals surface area contributed by atoms with Gasteiger partial charge in [0.15, 0.2) is 0 Å². The van der Waals surface area contributed by atoms with Gasteiger partial charge in [0.1, 0.15) is 0 Å². The molecule has 1 fully saturated rings. The first-order chi connectivity index (χ1) is 8.95. The molecule has 19 heavy (non-hydrogen) atoms. The Balaban J connectivity index is 2.28. The molecule has 102 valence electrons. The molecule has 6 heteroatoms. The molecule has 1 unspecified atom stereocenters. The fraction of sp³-hybridized carbons (Fsp3) is 0.462. The Morgan fingerprint density at radius 2 is 2.16 bits per heavy atom. The summed E-state index contributed by atoms with van der Waals surface area (Å²) in [6.07, 6.45) is -3.54. The van der Waals surface area contributed by atoms with E-state index in [1.54, 1.807) is 6.07 Å². The van der Waals surface area contributed by atoms with Crippen LogP contribution in [-0.4, -0.2) is 26.2 Å². The number of benzene rings is 1. The Kier molecular flexibility index (Phi) is 3.67. The minimum atomic E-state index is -4.48. The van der Waals surface area contributed by atoms with Crippen molar-refractivity contribution in [3.63, 3.8) is 0 Å². The van der Waals surface area contributed by atoms with E-state index in [4.69, 9.17) is 5.26 Å². The molecule has 2 rings (SSSR count). The van der Waals surface area contributed by atoms with Crippen LogP contribution in [0.2, 0.25) is 0 Å². The fourth-order valence-electron chi connectivity index (χ4n) is 2.30. The second kappa shape index (κ2) is 5.10. The predicted molar refractivity (Wildman–Crippen MR) is 65.8 cm³/mol. The van der Waals surface area contributed by atoms with E-state index in [1.807, 2.05) is 11.9 Å². The van der Waals surface area contributed by atoms with Crippen molar-refractivity contribution in [2.75, 3.05) is 25.0 Å². The van der Waals surface area contributed by atoms with Crippen molar-refractivity contribution in [2.24, 2.45) is 0 Å². The number of anilines is 1. The van der Waals surface area contributed by atoms with Gasteiger partial charge in [-0.1, -0.05) is 0 Å². The van der Waals surface area contributed by atoms with Gasteiger partial charge in [0.2, 0.25) is 0 Å². The van der Waals surface area contributed by atoms with Crippen LogP contribution in [0.5, 0.6) is 0 Å². The maximum Gasteiger partial charge on any atom is 0.417 e. The number of halogens is 3. The number of alkyl halides is 3. The van der Waals surface area contributed by atoms with Crippen molar-refractivity contribution in [3.05, 3.63) is 29.3 Å². The van der Waals surface area contributed by atoms with Crippen LogP contribution in [0.15, 0.2) is 18.2 Å². The van der Waals surface area contributed by atoms with Crippen LogP contribution >= 0.6 is 0 Å². The van der Waals surface area contributed by atoms with Crippen molar-refractivity contribution in [3.8, 4) is 6.07 Å². The highest BCUT2D eigenvalue weighted by Gasteiger charge is 2.34. The third-order valence-electron chi connectivity index (χ3n) is 3.39. The fourth-order valence-corrected chi connectivity index (χ4v) is 2.30. The van der Waals surface area contributed by atoms with Crippen LogP contribution in [-0.2, 0) is 6.18 Å². The first kappa shape index (κ1) is 13.7. The average Bonchev–Trinajstić information content (AvgIpc) is 2.85. The first-order valence-electron chi connectivity index (χ1n) is 5.99. The van der Waals surface area contributed by atoms with Gasteiger partial charge in [0, 0.05) is 24.8 Å². The quantitative estimate of drug-likeness (QED) is 0.896. The molecule has 0 radical (unpaired) electrons. The summed E-state index contributed by atoms with van der Waals surface area (Å²) in [4.78, 5) is 1.99. The molecule has 0 bridgehead atoms. The number of hydrogen-bond acceptors (Lipinski definition) is 3. The number of rotatable bonds is 2. The number of likely N-dealkylation sites (N-methyl/N-ethyl adjacent to an activating group) is 1. The zero-order chi connectivity index (χ0) is 14.0. The summed E-state index contributed by atoms with van der Waals surface area (Å²) < 4.78 is 38.1. The van der Waals surface area contributed by atoms with Gasteiger partial charge in [0.05, 0.1) is 17.2 Å². The van der Waals surface area contributed by atoms with E-state index in [2.05, 4.69) is 5.32 Å². The SMILES string of the molecule is CNC1CCN(c2ccc(C(F)(F)F)c(C#N)c2)C1. The van der Waals surface area contributed by atoms with Gasteiger partial charge in [-0.3, -0.25) is 0 Å². The Hall–Kier alpha value is -1.74. The first-order valence-corrected chi connectivity index (χ1v) is 5.99. The molecule has 0 aliphatic carbocycles. The van der Waals surface area contributed by atoms with E-state index in [1.165, 1.54) is 12.1 Å². The molecule has 0 saturated carbocycles. The van der Waals surface area contributed by atoms with Crippen LogP contribution in [0, 0.1) is 11.3 Å². The molecule has 0 aromatic heterocycles. The zero-order valence-corrected chi connectivity index (χ0v) is 10.5. The van der Waals surface area contributed by atoms with Crippen LogP contribution in [0.25, 0.3) is 0 Å². The van der Waals surface area contributed by atoms with Gasteiger partial charge in [-0.2, -0.15) is 18.4 Å². The van der Waals surface area contributed by atoms with Crippen LogP contribution in [0.3, 0.4) is 0 Å². The lowest BCUT2D eigenvalue weighted by molar-refractivity contribution is -0.137. The lowest BCUT2D eigenvalue weighted by Crippen LogP contribution is -2.29. The second-order valence-corrected chi connectivity index (χ2v) is 4.56. The molecular formula is C13H14F3N3. The number of nitriles is 1. The average molecular weight is 269 g/mol. The number of nitrogens with zero attached hydrogens (tertiary/aromatic N) is 2. The summed E-state index contributed by atoms with van der Waals surface area (Å²) in [6, 6.07) is 5.71. The highest BCUT2D eigenvalue weighted by atomic mass is 19.4. The summed E-state index contributed by atoms with van der Waals surface area (Å²) in [5, 5.41) is 12.0. The van der Waals surface area contributed by atoms with Gasteiger partial charge in [-0.25, -0.2) is 0 Å². The van der Waals surface area contributed by atoms with Crippen molar-refractivity contribution in [2.45, 2.75) is 18.6 Å². The zero-order valence-electron chi connectivity index (χ0n) is 10.5. The van der Waals surface area contributed by atoms with E-state index in [9.17, 15) is 13.2 Å².